The summed E-state index contributed by atoms with van der Waals surface area (Å²) in [7, 11) is -7.10. The second kappa shape index (κ2) is 7.61. The van der Waals surface area contributed by atoms with Crippen molar-refractivity contribution >= 4 is 33.1 Å². The second-order valence-corrected chi connectivity index (χ2v) is 40.3. The summed E-state index contributed by atoms with van der Waals surface area (Å²) in [6, 6.07) is 4.31. The Hall–Kier alpha value is -0.789. The molecule has 0 heterocycles. The van der Waals surface area contributed by atoms with E-state index in [1.165, 1.54) is 24.8 Å². The third-order valence-electron chi connectivity index (χ3n) is 9.36. The molecule has 0 aromatic heterocycles. The molecule has 4 fully saturated rings. The van der Waals surface area contributed by atoms with Gasteiger partial charge >= 0.3 is 0 Å². The standard InChI is InChI=1S/C27H44O2Si3/c1-18-10-19(2)24(20(3)11-18)25(28)32(30(4,5)6,31(7,8)9)26(29)27-15-21-12-22(16-27)14-23(13-21)17-27/h10-11,21-23H,12-17H2,1-9H3. The van der Waals surface area contributed by atoms with Crippen LogP contribution in [0.5, 0.6) is 0 Å². The number of hydrogen-bond acceptors (Lipinski definition) is 2. The molecule has 2 nitrogen and oxygen atoms in total. The molecule has 1 aromatic rings. The van der Waals surface area contributed by atoms with Crippen LogP contribution in [-0.2, 0) is 4.79 Å². The largest absolute Gasteiger partial charge is 0.305 e. The van der Waals surface area contributed by atoms with E-state index in [-0.39, 0.29) is 5.41 Å². The van der Waals surface area contributed by atoms with Crippen molar-refractivity contribution in [3.63, 3.8) is 0 Å². The van der Waals surface area contributed by atoms with E-state index < -0.39 is 22.3 Å². The van der Waals surface area contributed by atoms with Crippen LogP contribution in [0.25, 0.3) is 0 Å². The number of carbonyl (C=O) groups excluding carboxylic acids is 2. The van der Waals surface area contributed by atoms with Gasteiger partial charge in [0, 0.05) is 11.0 Å². The summed E-state index contributed by atoms with van der Waals surface area (Å²) >= 11 is 0. The molecule has 0 aliphatic heterocycles. The summed E-state index contributed by atoms with van der Waals surface area (Å²) in [6.07, 6.45) is 7.27. The minimum absolute atomic E-state index is 0.177. The molecule has 0 radical (unpaired) electrons. The van der Waals surface area contributed by atoms with Gasteiger partial charge in [0.25, 0.3) is 0 Å². The Morgan fingerprint density at radius 1 is 0.750 bits per heavy atom. The van der Waals surface area contributed by atoms with Crippen molar-refractivity contribution < 1.29 is 9.59 Å². The first-order chi connectivity index (χ1) is 14.6. The van der Waals surface area contributed by atoms with Crippen molar-refractivity contribution in [2.24, 2.45) is 23.2 Å². The van der Waals surface area contributed by atoms with Gasteiger partial charge in [-0.2, -0.15) is 0 Å². The fourth-order valence-electron chi connectivity index (χ4n) is 9.10. The van der Waals surface area contributed by atoms with Gasteiger partial charge in [-0.25, -0.2) is 0 Å². The second-order valence-electron chi connectivity index (χ2n) is 13.9. The van der Waals surface area contributed by atoms with Crippen LogP contribution in [0, 0.1) is 43.9 Å². The van der Waals surface area contributed by atoms with Crippen LogP contribution in [0.2, 0.25) is 39.3 Å². The van der Waals surface area contributed by atoms with Gasteiger partial charge < -0.3 is 9.59 Å². The van der Waals surface area contributed by atoms with Crippen LogP contribution in [0.15, 0.2) is 12.1 Å². The van der Waals surface area contributed by atoms with E-state index in [4.69, 9.17) is 0 Å². The maximum Gasteiger partial charge on any atom is 0.197 e. The highest BCUT2D eigenvalue weighted by molar-refractivity contribution is 7.86. The van der Waals surface area contributed by atoms with Crippen LogP contribution in [0.4, 0.5) is 0 Å². The quantitative estimate of drug-likeness (QED) is 0.410. The summed E-state index contributed by atoms with van der Waals surface area (Å²) in [4.78, 5) is 30.2. The predicted molar refractivity (Wildman–Crippen MR) is 143 cm³/mol. The first-order valence-electron chi connectivity index (χ1n) is 12.8. The molecule has 0 unspecified atom stereocenters. The molecule has 0 atom stereocenters. The molecule has 4 saturated carbocycles. The molecule has 4 aliphatic rings. The normalized spacial score (nSPS) is 30.0. The zero-order valence-electron chi connectivity index (χ0n) is 21.9. The van der Waals surface area contributed by atoms with Crippen molar-refractivity contribution in [2.45, 2.75) is 98.6 Å². The lowest BCUT2D eigenvalue weighted by Gasteiger charge is -2.60. The van der Waals surface area contributed by atoms with E-state index in [0.717, 1.165) is 53.7 Å². The number of aryl methyl sites for hydroxylation is 3. The molecule has 0 amide bonds. The minimum atomic E-state index is -2.91. The molecule has 4 bridgehead atoms. The molecule has 0 N–H and O–H groups in total. The Balaban J connectivity index is 1.94. The van der Waals surface area contributed by atoms with Gasteiger partial charge in [-0.15, -0.1) is 0 Å². The number of hydrogen-bond donors (Lipinski definition) is 0. The monoisotopic (exact) mass is 484 g/mol. The average molecular weight is 485 g/mol. The Morgan fingerprint density at radius 3 is 1.47 bits per heavy atom. The fraction of sp³-hybridized carbons (Fsp3) is 0.704. The fourth-order valence-corrected chi connectivity index (χ4v) is 53.7. The van der Waals surface area contributed by atoms with Gasteiger partial charge in [0.2, 0.25) is 0 Å². The molecule has 5 rings (SSSR count). The summed E-state index contributed by atoms with van der Waals surface area (Å²) in [5.74, 6) is 2.20. The molecule has 32 heavy (non-hydrogen) atoms. The van der Waals surface area contributed by atoms with Crippen LogP contribution < -0.4 is 0 Å². The maximum absolute atomic E-state index is 15.2. The van der Waals surface area contributed by atoms with Crippen molar-refractivity contribution in [1.29, 1.82) is 0 Å². The number of benzene rings is 1. The third-order valence-corrected chi connectivity index (χ3v) is 45.7. The minimum Gasteiger partial charge on any atom is -0.305 e. The Kier molecular flexibility index (Phi) is 5.79. The Morgan fingerprint density at radius 2 is 1.12 bits per heavy atom. The lowest BCUT2D eigenvalue weighted by Crippen LogP contribution is -2.83. The summed E-state index contributed by atoms with van der Waals surface area (Å²) in [5.41, 5.74) is 4.10. The van der Waals surface area contributed by atoms with E-state index in [9.17, 15) is 4.79 Å². The predicted octanol–water partition coefficient (Wildman–Crippen LogP) is 6.94. The third kappa shape index (κ3) is 3.44. The summed E-state index contributed by atoms with van der Waals surface area (Å²) in [5, 5.41) is 0.860. The summed E-state index contributed by atoms with van der Waals surface area (Å²) in [6.45, 7) is 20.5. The Labute approximate surface area is 198 Å². The van der Waals surface area contributed by atoms with Gasteiger partial charge in [0.05, 0.1) is 15.2 Å². The molecule has 1 aromatic carbocycles. The molecule has 5 heteroatoms. The SMILES string of the molecule is Cc1cc(C)c(C(=O)[Si](C(=O)C23CC4CC(CC(C4)C2)C3)([Si](C)(C)C)[Si](C)(C)C)c(C)c1. The first kappa shape index (κ1) is 24.3. The van der Waals surface area contributed by atoms with Crippen molar-refractivity contribution in [2.75, 3.05) is 0 Å². The molecule has 0 saturated heterocycles. The molecular weight excluding hydrogens is 441 g/mol. The van der Waals surface area contributed by atoms with E-state index in [0.29, 0.717) is 10.8 Å². The highest BCUT2D eigenvalue weighted by Crippen LogP contribution is 2.62. The highest BCUT2D eigenvalue weighted by Gasteiger charge is 2.70. The van der Waals surface area contributed by atoms with E-state index >= 15 is 4.79 Å². The maximum atomic E-state index is 15.2. The number of rotatable bonds is 6. The van der Waals surface area contributed by atoms with Crippen LogP contribution in [0.3, 0.4) is 0 Å². The van der Waals surface area contributed by atoms with Crippen LogP contribution >= 0.6 is 0 Å². The van der Waals surface area contributed by atoms with Gasteiger partial charge in [-0.3, -0.25) is 0 Å². The summed E-state index contributed by atoms with van der Waals surface area (Å²) < 4.78 is 0. The van der Waals surface area contributed by atoms with Crippen LogP contribution in [-0.4, -0.2) is 33.1 Å². The lowest BCUT2D eigenvalue weighted by molar-refractivity contribution is -0.135. The van der Waals surface area contributed by atoms with Gasteiger partial charge in [0.15, 0.2) is 7.11 Å². The molecule has 0 spiro atoms. The van der Waals surface area contributed by atoms with Crippen molar-refractivity contribution in [1.82, 2.24) is 0 Å². The zero-order chi connectivity index (χ0) is 23.9. The van der Waals surface area contributed by atoms with Gasteiger partial charge in [0.1, 0.15) is 10.8 Å². The van der Waals surface area contributed by atoms with E-state index in [2.05, 4.69) is 72.2 Å². The van der Waals surface area contributed by atoms with Gasteiger partial charge in [-0.05, 0) is 88.2 Å². The zero-order valence-corrected chi connectivity index (χ0v) is 24.9. The highest BCUT2D eigenvalue weighted by atomic mass is 29.6. The molecule has 176 valence electrons. The molecule has 4 aliphatic carbocycles. The van der Waals surface area contributed by atoms with Crippen molar-refractivity contribution in [3.05, 3.63) is 34.4 Å². The first-order valence-corrected chi connectivity index (χ1v) is 23.8. The smallest absolute Gasteiger partial charge is 0.197 e. The molecular formula is C27H44O2Si3. The van der Waals surface area contributed by atoms with Gasteiger partial charge in [-0.1, -0.05) is 57.0 Å². The average Bonchev–Trinajstić information content (AvgIpc) is 2.57. The van der Waals surface area contributed by atoms with Crippen LogP contribution in [0.1, 0.15) is 65.6 Å². The number of carbonyl (C=O) groups is 2. The topological polar surface area (TPSA) is 34.1 Å². The van der Waals surface area contributed by atoms with E-state index in [1.54, 1.807) is 0 Å². The lowest BCUT2D eigenvalue weighted by atomic mass is 9.50. The Bertz CT molecular complexity index is 892. The van der Waals surface area contributed by atoms with Crippen molar-refractivity contribution in [3.8, 4) is 0 Å². The van der Waals surface area contributed by atoms with E-state index in [1.807, 2.05) is 0 Å².